The number of piperidine rings is 1. The molecule has 0 aromatic rings. The van der Waals surface area contributed by atoms with E-state index in [0.717, 1.165) is 0 Å². The number of amides is 1. The predicted octanol–water partition coefficient (Wildman–Crippen LogP) is 0.173. The Labute approximate surface area is 127 Å². The van der Waals surface area contributed by atoms with Crippen LogP contribution in [-0.2, 0) is 24.3 Å². The monoisotopic (exact) mass is 322 g/mol. The number of nitrogens with one attached hydrogen (secondary N) is 1. The van der Waals surface area contributed by atoms with Crippen molar-refractivity contribution in [2.24, 2.45) is 5.92 Å². The fraction of sp³-hybridized carbons (Fsp3) is 0.923. The summed E-state index contributed by atoms with van der Waals surface area (Å²) in [5.41, 5.74) is 0. The van der Waals surface area contributed by atoms with Gasteiger partial charge >= 0.3 is 0 Å². The number of hydrogen-bond donors (Lipinski definition) is 1. The molecule has 0 aliphatic carbocycles. The van der Waals surface area contributed by atoms with Gasteiger partial charge in [-0.3, -0.25) is 4.79 Å². The Kier molecular flexibility index (Phi) is 7.58. The summed E-state index contributed by atoms with van der Waals surface area (Å²) in [7, 11) is -0.237. The Hall–Kier alpha value is -0.700. The van der Waals surface area contributed by atoms with E-state index >= 15 is 0 Å². The molecule has 1 aliphatic heterocycles. The van der Waals surface area contributed by atoms with Crippen LogP contribution in [0.2, 0.25) is 0 Å². The van der Waals surface area contributed by atoms with Crippen LogP contribution < -0.4 is 5.32 Å². The highest BCUT2D eigenvalue weighted by Crippen LogP contribution is 2.20. The van der Waals surface area contributed by atoms with Crippen molar-refractivity contribution in [3.63, 3.8) is 0 Å². The second kappa shape index (κ2) is 8.67. The third-order valence-corrected chi connectivity index (χ3v) is 5.62. The van der Waals surface area contributed by atoms with E-state index in [9.17, 15) is 13.2 Å². The van der Waals surface area contributed by atoms with Crippen LogP contribution in [0.15, 0.2) is 0 Å². The van der Waals surface area contributed by atoms with Crippen LogP contribution in [-0.4, -0.2) is 64.5 Å². The number of ether oxygens (including phenoxy) is 2. The largest absolute Gasteiger partial charge is 0.354 e. The Balaban J connectivity index is 2.54. The van der Waals surface area contributed by atoms with Crippen LogP contribution in [0.3, 0.4) is 0 Å². The van der Waals surface area contributed by atoms with E-state index in [4.69, 9.17) is 9.47 Å². The molecule has 1 rings (SSSR count). The molecule has 0 radical (unpaired) electrons. The van der Waals surface area contributed by atoms with Gasteiger partial charge < -0.3 is 14.8 Å². The molecule has 0 unspecified atom stereocenters. The molecule has 7 nitrogen and oxygen atoms in total. The van der Waals surface area contributed by atoms with Gasteiger partial charge in [-0.15, -0.1) is 0 Å². The summed E-state index contributed by atoms with van der Waals surface area (Å²) in [6.07, 6.45) is 1.50. The molecule has 0 spiro atoms. The number of hydrogen-bond acceptors (Lipinski definition) is 5. The Morgan fingerprint density at radius 3 is 2.62 bits per heavy atom. The van der Waals surface area contributed by atoms with Crippen molar-refractivity contribution >= 4 is 15.9 Å². The molecule has 0 bridgehead atoms. The molecule has 1 saturated heterocycles. The summed E-state index contributed by atoms with van der Waals surface area (Å²) >= 11 is 0. The van der Waals surface area contributed by atoms with Gasteiger partial charge in [-0.25, -0.2) is 12.7 Å². The van der Waals surface area contributed by atoms with Crippen LogP contribution in [0.5, 0.6) is 0 Å². The van der Waals surface area contributed by atoms with Crippen molar-refractivity contribution in [3.05, 3.63) is 0 Å². The number of methoxy groups -OCH3 is 2. The van der Waals surface area contributed by atoms with E-state index in [1.807, 2.05) is 6.92 Å². The molecule has 0 aromatic carbocycles. The third kappa shape index (κ3) is 5.54. The third-order valence-electron chi connectivity index (χ3n) is 3.58. The maximum absolute atomic E-state index is 12.1. The second-order valence-corrected chi connectivity index (χ2v) is 7.25. The molecule has 1 fully saturated rings. The topological polar surface area (TPSA) is 84.9 Å². The van der Waals surface area contributed by atoms with E-state index in [1.165, 1.54) is 18.5 Å². The van der Waals surface area contributed by atoms with Crippen molar-refractivity contribution in [2.45, 2.75) is 32.5 Å². The van der Waals surface area contributed by atoms with Crippen LogP contribution in [0, 0.1) is 5.92 Å². The maximum Gasteiger partial charge on any atom is 0.224 e. The van der Waals surface area contributed by atoms with Crippen molar-refractivity contribution in [1.82, 2.24) is 9.62 Å². The molecule has 8 heteroatoms. The predicted molar refractivity (Wildman–Crippen MR) is 79.2 cm³/mol. The Morgan fingerprint density at radius 2 is 2.05 bits per heavy atom. The van der Waals surface area contributed by atoms with Crippen LogP contribution in [0.25, 0.3) is 0 Å². The zero-order valence-corrected chi connectivity index (χ0v) is 13.8. The first-order valence-electron chi connectivity index (χ1n) is 7.25. The lowest BCUT2D eigenvalue weighted by molar-refractivity contribution is -0.131. The lowest BCUT2D eigenvalue weighted by Crippen LogP contribution is -2.47. The zero-order valence-electron chi connectivity index (χ0n) is 13.0. The first-order chi connectivity index (χ1) is 9.94. The lowest BCUT2D eigenvalue weighted by Gasteiger charge is -2.31. The van der Waals surface area contributed by atoms with Gasteiger partial charge in [0, 0.05) is 27.3 Å². The number of carbonyl (C=O) groups is 1. The first-order valence-corrected chi connectivity index (χ1v) is 8.86. The van der Waals surface area contributed by atoms with Crippen LogP contribution in [0.1, 0.15) is 26.2 Å². The van der Waals surface area contributed by atoms with E-state index in [0.29, 0.717) is 25.8 Å². The molecule has 124 valence electrons. The fourth-order valence-electron chi connectivity index (χ4n) is 2.39. The number of sulfonamides is 1. The minimum atomic E-state index is -3.24. The summed E-state index contributed by atoms with van der Waals surface area (Å²) in [5, 5.41) is 2.75. The van der Waals surface area contributed by atoms with Crippen molar-refractivity contribution in [3.8, 4) is 0 Å². The first kappa shape index (κ1) is 18.3. The number of rotatable bonds is 8. The molecular formula is C13H26N2O5S. The standard InChI is InChI=1S/C13H26N2O5S/c1-4-8-21(17,18)15-7-5-6-11(10-15)13(16)14-9-12(19-2)20-3/h11-12H,4-10H2,1-3H3,(H,14,16)/t11-/m0/s1. The van der Waals surface area contributed by atoms with Gasteiger partial charge in [0.1, 0.15) is 0 Å². The SMILES string of the molecule is CCCS(=O)(=O)N1CCC[C@H](C(=O)NCC(OC)OC)C1. The van der Waals surface area contributed by atoms with E-state index in [-0.39, 0.29) is 30.7 Å². The Bertz CT molecular complexity index is 422. The highest BCUT2D eigenvalue weighted by molar-refractivity contribution is 7.89. The molecule has 21 heavy (non-hydrogen) atoms. The summed E-state index contributed by atoms with van der Waals surface area (Å²) in [4.78, 5) is 12.1. The minimum absolute atomic E-state index is 0.136. The lowest BCUT2D eigenvalue weighted by atomic mass is 9.99. The smallest absolute Gasteiger partial charge is 0.224 e. The summed E-state index contributed by atoms with van der Waals surface area (Å²) < 4.78 is 35.6. The molecule has 0 saturated carbocycles. The van der Waals surface area contributed by atoms with Crippen molar-refractivity contribution in [2.75, 3.05) is 39.6 Å². The molecule has 1 N–H and O–H groups in total. The highest BCUT2D eigenvalue weighted by Gasteiger charge is 2.31. The van der Waals surface area contributed by atoms with Crippen molar-refractivity contribution in [1.29, 1.82) is 0 Å². The van der Waals surface area contributed by atoms with Crippen LogP contribution in [0.4, 0.5) is 0 Å². The summed E-state index contributed by atoms with van der Waals surface area (Å²) in [6, 6.07) is 0. The Morgan fingerprint density at radius 1 is 1.38 bits per heavy atom. The minimum Gasteiger partial charge on any atom is -0.354 e. The maximum atomic E-state index is 12.1. The molecule has 0 aromatic heterocycles. The zero-order chi connectivity index (χ0) is 15.9. The number of carbonyl (C=O) groups excluding carboxylic acids is 1. The normalized spacial score (nSPS) is 20.7. The van der Waals surface area contributed by atoms with E-state index in [1.54, 1.807) is 0 Å². The average Bonchev–Trinajstić information content (AvgIpc) is 2.48. The summed E-state index contributed by atoms with van der Waals surface area (Å²) in [5.74, 6) is -0.318. The van der Waals surface area contributed by atoms with Gasteiger partial charge in [0.15, 0.2) is 6.29 Å². The quantitative estimate of drug-likeness (QED) is 0.644. The fourth-order valence-corrected chi connectivity index (χ4v) is 3.98. The molecule has 1 amide bonds. The average molecular weight is 322 g/mol. The van der Waals surface area contributed by atoms with Gasteiger partial charge in [0.05, 0.1) is 18.2 Å². The molecule has 1 atom stereocenters. The van der Waals surface area contributed by atoms with Gasteiger partial charge in [-0.1, -0.05) is 6.92 Å². The van der Waals surface area contributed by atoms with Gasteiger partial charge in [-0.05, 0) is 19.3 Å². The van der Waals surface area contributed by atoms with E-state index < -0.39 is 16.3 Å². The second-order valence-electron chi connectivity index (χ2n) is 5.16. The summed E-state index contributed by atoms with van der Waals surface area (Å²) in [6.45, 7) is 2.86. The molecule has 1 aliphatic rings. The van der Waals surface area contributed by atoms with Gasteiger partial charge in [0.2, 0.25) is 15.9 Å². The number of nitrogens with zero attached hydrogens (tertiary/aromatic N) is 1. The van der Waals surface area contributed by atoms with Gasteiger partial charge in [-0.2, -0.15) is 0 Å². The molecular weight excluding hydrogens is 296 g/mol. The van der Waals surface area contributed by atoms with Gasteiger partial charge in [0.25, 0.3) is 0 Å². The highest BCUT2D eigenvalue weighted by atomic mass is 32.2. The van der Waals surface area contributed by atoms with E-state index in [2.05, 4.69) is 5.32 Å². The molecule has 1 heterocycles. The van der Waals surface area contributed by atoms with Crippen LogP contribution >= 0.6 is 0 Å². The van der Waals surface area contributed by atoms with Crippen molar-refractivity contribution < 1.29 is 22.7 Å².